The maximum Gasteiger partial charge on any atom is 0.271 e. The third-order valence-corrected chi connectivity index (χ3v) is 8.21. The summed E-state index contributed by atoms with van der Waals surface area (Å²) in [6.07, 6.45) is 5.85. The van der Waals surface area contributed by atoms with Gasteiger partial charge in [0.25, 0.3) is 5.91 Å². The van der Waals surface area contributed by atoms with Gasteiger partial charge < -0.3 is 20.5 Å². The zero-order valence-corrected chi connectivity index (χ0v) is 20.3. The highest BCUT2D eigenvalue weighted by Crippen LogP contribution is 2.41. The standard InChI is InChI=1S/C26H30ClN5O3/c27-20-9-3-6-15-12-21(31-22(15)20)26(35)32-14-17-5-1-2-8-19(17)23(32)25(34)30-18(13-28)11-16-7-4-10-29-24(16)33/h3,6,9,12,16-19,23,31H,1-2,4-5,7-8,10-11,14H2,(H,29,33)(H,30,34)/t16-,17?,18?,19?,23-/m0/s1. The summed E-state index contributed by atoms with van der Waals surface area (Å²) in [5, 5.41) is 16.8. The van der Waals surface area contributed by atoms with E-state index >= 15 is 0 Å². The van der Waals surface area contributed by atoms with Crippen LogP contribution in [-0.2, 0) is 9.59 Å². The SMILES string of the molecule is N#CC(C[C@@H]1CCCNC1=O)NC(=O)[C@@H]1C2CCCCC2CN1C(=O)c1cc2cccc(Cl)c2[nH]1. The molecule has 5 rings (SSSR count). The molecule has 2 aromatic rings. The zero-order chi connectivity index (χ0) is 24.5. The summed E-state index contributed by atoms with van der Waals surface area (Å²) in [6, 6.07) is 8.02. The molecule has 2 saturated heterocycles. The van der Waals surface area contributed by atoms with Gasteiger partial charge in [0, 0.05) is 24.4 Å². The first-order chi connectivity index (χ1) is 17.0. The number of nitriles is 1. The second-order valence-corrected chi connectivity index (χ2v) is 10.5. The summed E-state index contributed by atoms with van der Waals surface area (Å²) in [7, 11) is 0. The lowest BCUT2D eigenvalue weighted by Crippen LogP contribution is -2.52. The molecule has 1 aromatic carbocycles. The van der Waals surface area contributed by atoms with Crippen LogP contribution >= 0.6 is 11.6 Å². The summed E-state index contributed by atoms with van der Waals surface area (Å²) in [4.78, 5) is 44.2. The third-order valence-electron chi connectivity index (χ3n) is 7.90. The van der Waals surface area contributed by atoms with Gasteiger partial charge in [-0.1, -0.05) is 36.6 Å². The third kappa shape index (κ3) is 4.62. The molecule has 1 saturated carbocycles. The van der Waals surface area contributed by atoms with Crippen LogP contribution in [0.5, 0.6) is 0 Å². The molecule has 3 amide bonds. The van der Waals surface area contributed by atoms with Crippen LogP contribution in [0.15, 0.2) is 24.3 Å². The normalized spacial score (nSPS) is 27.1. The Bertz CT molecular complexity index is 1190. The topological polar surface area (TPSA) is 118 Å². The van der Waals surface area contributed by atoms with E-state index in [0.717, 1.165) is 37.5 Å². The van der Waals surface area contributed by atoms with Gasteiger partial charge in [0.2, 0.25) is 11.8 Å². The molecular weight excluding hydrogens is 466 g/mol. The van der Waals surface area contributed by atoms with Gasteiger partial charge in [-0.25, -0.2) is 0 Å². The molecule has 35 heavy (non-hydrogen) atoms. The summed E-state index contributed by atoms with van der Waals surface area (Å²) in [5.74, 6) is -0.544. The van der Waals surface area contributed by atoms with Crippen molar-refractivity contribution in [3.05, 3.63) is 35.0 Å². The lowest BCUT2D eigenvalue weighted by atomic mass is 9.78. The van der Waals surface area contributed by atoms with Gasteiger partial charge in [0.05, 0.1) is 16.6 Å². The highest BCUT2D eigenvalue weighted by Gasteiger charge is 2.49. The number of para-hydroxylation sites is 1. The van der Waals surface area contributed by atoms with Crippen LogP contribution in [0.25, 0.3) is 10.9 Å². The van der Waals surface area contributed by atoms with Crippen molar-refractivity contribution in [2.75, 3.05) is 13.1 Å². The maximum absolute atomic E-state index is 13.7. The van der Waals surface area contributed by atoms with E-state index < -0.39 is 12.1 Å². The van der Waals surface area contributed by atoms with E-state index in [2.05, 4.69) is 21.7 Å². The number of piperidine rings is 1. The monoisotopic (exact) mass is 495 g/mol. The Balaban J connectivity index is 1.37. The summed E-state index contributed by atoms with van der Waals surface area (Å²) in [6.45, 7) is 1.17. The fourth-order valence-corrected chi connectivity index (χ4v) is 6.39. The van der Waals surface area contributed by atoms with Crippen LogP contribution in [0.1, 0.15) is 55.4 Å². The smallest absolute Gasteiger partial charge is 0.271 e. The maximum atomic E-state index is 13.7. The van der Waals surface area contributed by atoms with E-state index in [1.807, 2.05) is 12.1 Å². The van der Waals surface area contributed by atoms with Crippen molar-refractivity contribution in [3.63, 3.8) is 0 Å². The largest absolute Gasteiger partial charge is 0.356 e. The molecule has 3 heterocycles. The number of nitrogens with zero attached hydrogens (tertiary/aromatic N) is 2. The molecule has 3 fully saturated rings. The Hall–Kier alpha value is -3.05. The van der Waals surface area contributed by atoms with Crippen LogP contribution in [0.2, 0.25) is 5.02 Å². The lowest BCUT2D eigenvalue weighted by Gasteiger charge is -2.30. The average Bonchev–Trinajstić information content (AvgIpc) is 3.47. The number of nitrogens with one attached hydrogen (secondary N) is 3. The Morgan fingerprint density at radius 1 is 1.23 bits per heavy atom. The lowest BCUT2D eigenvalue weighted by molar-refractivity contribution is -0.129. The second kappa shape index (κ2) is 9.90. The highest BCUT2D eigenvalue weighted by molar-refractivity contribution is 6.35. The van der Waals surface area contributed by atoms with Gasteiger partial charge >= 0.3 is 0 Å². The van der Waals surface area contributed by atoms with Crippen LogP contribution < -0.4 is 10.6 Å². The van der Waals surface area contributed by atoms with Crippen molar-refractivity contribution in [1.82, 2.24) is 20.5 Å². The number of amides is 3. The number of aromatic nitrogens is 1. The number of benzene rings is 1. The summed E-state index contributed by atoms with van der Waals surface area (Å²) in [5.41, 5.74) is 1.10. The first-order valence-corrected chi connectivity index (χ1v) is 12.9. The zero-order valence-electron chi connectivity index (χ0n) is 19.6. The fraction of sp³-hybridized carbons (Fsp3) is 0.538. The number of fused-ring (bicyclic) bond motifs is 2. The predicted octanol–water partition coefficient (Wildman–Crippen LogP) is 3.38. The average molecular weight is 496 g/mol. The number of H-pyrrole nitrogens is 1. The van der Waals surface area contributed by atoms with Gasteiger partial charge in [-0.2, -0.15) is 5.26 Å². The summed E-state index contributed by atoms with van der Waals surface area (Å²) < 4.78 is 0. The fourth-order valence-electron chi connectivity index (χ4n) is 6.16. The van der Waals surface area contributed by atoms with Crippen molar-refractivity contribution in [2.45, 2.75) is 57.0 Å². The van der Waals surface area contributed by atoms with E-state index in [9.17, 15) is 19.6 Å². The van der Waals surface area contributed by atoms with Crippen molar-refractivity contribution in [3.8, 4) is 6.07 Å². The van der Waals surface area contributed by atoms with Crippen LogP contribution in [0.3, 0.4) is 0 Å². The van der Waals surface area contributed by atoms with Crippen molar-refractivity contribution < 1.29 is 14.4 Å². The molecular formula is C26H30ClN5O3. The van der Waals surface area contributed by atoms with Crippen LogP contribution in [-0.4, -0.2) is 52.8 Å². The minimum absolute atomic E-state index is 0.0618. The van der Waals surface area contributed by atoms with Gasteiger partial charge in [-0.3, -0.25) is 14.4 Å². The molecule has 0 radical (unpaired) electrons. The summed E-state index contributed by atoms with van der Waals surface area (Å²) >= 11 is 6.30. The van der Waals surface area contributed by atoms with E-state index in [4.69, 9.17) is 11.6 Å². The van der Waals surface area contributed by atoms with Gasteiger partial charge in [0.1, 0.15) is 17.8 Å². The Labute approximate surface area is 209 Å². The number of aromatic amines is 1. The van der Waals surface area contributed by atoms with Crippen LogP contribution in [0, 0.1) is 29.1 Å². The van der Waals surface area contributed by atoms with E-state index in [-0.39, 0.29) is 41.9 Å². The molecule has 0 spiro atoms. The molecule has 0 bridgehead atoms. The van der Waals surface area contributed by atoms with Crippen molar-refractivity contribution in [1.29, 1.82) is 5.26 Å². The molecule has 2 aliphatic heterocycles. The molecule has 3 N–H and O–H groups in total. The molecule has 5 atom stereocenters. The van der Waals surface area contributed by atoms with Crippen molar-refractivity contribution >= 4 is 40.2 Å². The van der Waals surface area contributed by atoms with Crippen molar-refractivity contribution in [2.24, 2.45) is 17.8 Å². The molecule has 9 heteroatoms. The number of halogens is 1. The Morgan fingerprint density at radius 2 is 2.06 bits per heavy atom. The number of rotatable bonds is 5. The molecule has 1 aromatic heterocycles. The highest BCUT2D eigenvalue weighted by atomic mass is 35.5. The predicted molar refractivity (Wildman–Crippen MR) is 131 cm³/mol. The first kappa shape index (κ1) is 23.7. The number of carbonyl (C=O) groups is 3. The van der Waals surface area contributed by atoms with E-state index in [1.54, 1.807) is 17.0 Å². The minimum atomic E-state index is -0.775. The number of hydrogen-bond donors (Lipinski definition) is 3. The Kier molecular flexibility index (Phi) is 6.70. The van der Waals surface area contributed by atoms with Gasteiger partial charge in [-0.15, -0.1) is 0 Å². The first-order valence-electron chi connectivity index (χ1n) is 12.5. The van der Waals surface area contributed by atoms with E-state index in [0.29, 0.717) is 35.7 Å². The molecule has 8 nitrogen and oxygen atoms in total. The molecule has 184 valence electrons. The Morgan fingerprint density at radius 3 is 2.83 bits per heavy atom. The second-order valence-electron chi connectivity index (χ2n) is 10.1. The van der Waals surface area contributed by atoms with Crippen LogP contribution in [0.4, 0.5) is 0 Å². The van der Waals surface area contributed by atoms with Gasteiger partial charge in [0.15, 0.2) is 0 Å². The molecule has 1 aliphatic carbocycles. The number of hydrogen-bond acceptors (Lipinski definition) is 4. The molecule has 3 unspecified atom stereocenters. The van der Waals surface area contributed by atoms with Gasteiger partial charge in [-0.05, 0) is 56.1 Å². The number of likely N-dealkylation sites (tertiary alicyclic amines) is 1. The number of carbonyl (C=O) groups excluding carboxylic acids is 3. The quantitative estimate of drug-likeness (QED) is 0.589. The van der Waals surface area contributed by atoms with E-state index in [1.165, 1.54) is 0 Å². The molecule has 3 aliphatic rings. The minimum Gasteiger partial charge on any atom is -0.356 e.